The van der Waals surface area contributed by atoms with Gasteiger partial charge in [0.2, 0.25) is 0 Å². The van der Waals surface area contributed by atoms with Crippen molar-refractivity contribution in [1.29, 1.82) is 0 Å². The van der Waals surface area contributed by atoms with E-state index >= 15 is 0 Å². The molecule has 8 rings (SSSR count). The van der Waals surface area contributed by atoms with E-state index in [0.29, 0.717) is 0 Å². The fraction of sp³-hybridized carbons (Fsp3) is 0.147. The third-order valence-electron chi connectivity index (χ3n) is 8.96. The number of hydrogen-bond acceptors (Lipinski definition) is 1. The lowest BCUT2D eigenvalue weighted by Crippen LogP contribution is -2.49. The number of fused-ring (bicyclic) bond motifs is 11. The number of hydrogen-bond donors (Lipinski definition) is 0. The number of benzene rings is 4. The van der Waals surface area contributed by atoms with Crippen LogP contribution in [0.1, 0.15) is 0 Å². The maximum atomic E-state index is 5.03. The fourth-order valence-corrected chi connectivity index (χ4v) is 11.2. The molecule has 0 amide bonds. The van der Waals surface area contributed by atoms with Crippen molar-refractivity contribution in [3.8, 4) is 39.2 Å². The van der Waals surface area contributed by atoms with E-state index in [1.807, 2.05) is 6.20 Å². The van der Waals surface area contributed by atoms with E-state index in [2.05, 4.69) is 122 Å². The molecule has 6 aromatic rings. The van der Waals surface area contributed by atoms with Crippen molar-refractivity contribution >= 4 is 53.5 Å². The maximum absolute atomic E-state index is 5.03. The Labute approximate surface area is 225 Å². The van der Waals surface area contributed by atoms with E-state index < -0.39 is 16.1 Å². The molecule has 0 bridgehead atoms. The summed E-state index contributed by atoms with van der Waals surface area (Å²) < 4.78 is 2.54. The predicted octanol–water partition coefficient (Wildman–Crippen LogP) is 7.17. The smallest absolute Gasteiger partial charge is 0.113 e. The minimum atomic E-state index is -1.81. The van der Waals surface area contributed by atoms with Crippen molar-refractivity contribution in [2.75, 3.05) is 0 Å². The molecule has 2 aliphatic rings. The van der Waals surface area contributed by atoms with Crippen molar-refractivity contribution in [2.24, 2.45) is 0 Å². The highest BCUT2D eigenvalue weighted by Crippen LogP contribution is 2.47. The highest BCUT2D eigenvalue weighted by atomic mass is 28.3. The summed E-state index contributed by atoms with van der Waals surface area (Å²) in [7, 11) is -3.32. The Kier molecular flexibility index (Phi) is 4.23. The SMILES string of the molecule is C[Si](C)(C)c1ccc2c3ccnc4c3n(c2c1)-c1cc2c(cc1-c1ccccc1-4)[Si](C)(C)c1ccccc1-2. The summed E-state index contributed by atoms with van der Waals surface area (Å²) in [6.07, 6.45) is 1.99. The van der Waals surface area contributed by atoms with E-state index in [1.54, 1.807) is 10.4 Å². The van der Waals surface area contributed by atoms with Crippen molar-refractivity contribution in [3.05, 3.63) is 91.1 Å². The summed E-state index contributed by atoms with van der Waals surface area (Å²) in [4.78, 5) is 5.03. The van der Waals surface area contributed by atoms with Gasteiger partial charge in [0.25, 0.3) is 0 Å². The van der Waals surface area contributed by atoms with Gasteiger partial charge in [-0.2, -0.15) is 0 Å². The molecule has 0 atom stereocenters. The lowest BCUT2D eigenvalue weighted by molar-refractivity contribution is 1.18. The van der Waals surface area contributed by atoms with Crippen LogP contribution >= 0.6 is 0 Å². The highest BCUT2D eigenvalue weighted by molar-refractivity contribution is 7.03. The van der Waals surface area contributed by atoms with E-state index in [0.717, 1.165) is 5.69 Å². The Morgan fingerprint density at radius 1 is 0.658 bits per heavy atom. The van der Waals surface area contributed by atoms with Gasteiger partial charge < -0.3 is 4.57 Å². The Balaban J connectivity index is 1.60. The van der Waals surface area contributed by atoms with Crippen LogP contribution in [0.4, 0.5) is 0 Å². The Hall–Kier alpha value is -3.74. The second kappa shape index (κ2) is 7.22. The number of pyridine rings is 1. The molecule has 0 fully saturated rings. The summed E-state index contributed by atoms with van der Waals surface area (Å²) in [6, 6.07) is 32.4. The van der Waals surface area contributed by atoms with Crippen molar-refractivity contribution in [1.82, 2.24) is 9.55 Å². The first kappa shape index (κ1) is 22.3. The van der Waals surface area contributed by atoms with Gasteiger partial charge in [-0.25, -0.2) is 0 Å². The molecule has 0 spiro atoms. The largest absolute Gasteiger partial charge is 0.306 e. The van der Waals surface area contributed by atoms with Crippen LogP contribution in [0.15, 0.2) is 91.1 Å². The van der Waals surface area contributed by atoms with Gasteiger partial charge in [-0.3, -0.25) is 4.98 Å². The molecule has 4 heterocycles. The standard InChI is InChI=1S/C34H30N2Si2/c1-37(2,3)21-14-15-23-26-16-17-35-33-25-12-7-6-10-22(25)27-20-32-28(19-30(27)36(34(26)33)29(23)18-21)24-11-8-9-13-31(24)38(32,4)5/h6-20H,1-5H3. The summed E-state index contributed by atoms with van der Waals surface area (Å²) in [5.74, 6) is 0. The molecule has 0 N–H and O–H groups in total. The van der Waals surface area contributed by atoms with Crippen molar-refractivity contribution in [3.63, 3.8) is 0 Å². The molecule has 2 aliphatic heterocycles. The predicted molar refractivity (Wildman–Crippen MR) is 168 cm³/mol. The Morgan fingerprint density at radius 2 is 1.39 bits per heavy atom. The molecule has 0 unspecified atom stereocenters. The monoisotopic (exact) mass is 522 g/mol. The van der Waals surface area contributed by atoms with Gasteiger partial charge in [0.05, 0.1) is 30.5 Å². The molecule has 0 radical (unpaired) electrons. The number of nitrogens with zero attached hydrogens (tertiary/aromatic N) is 2. The molecule has 4 heteroatoms. The fourth-order valence-electron chi connectivity index (χ4n) is 6.94. The molecule has 184 valence electrons. The van der Waals surface area contributed by atoms with Gasteiger partial charge in [0, 0.05) is 28.1 Å². The van der Waals surface area contributed by atoms with Crippen LogP contribution in [-0.4, -0.2) is 25.7 Å². The summed E-state index contributed by atoms with van der Waals surface area (Å²) in [6.45, 7) is 12.3. The number of aromatic nitrogens is 2. The second-order valence-corrected chi connectivity index (χ2v) is 21.9. The second-order valence-electron chi connectivity index (χ2n) is 12.5. The first-order valence-electron chi connectivity index (χ1n) is 13.6. The molecule has 2 aromatic heterocycles. The van der Waals surface area contributed by atoms with Gasteiger partial charge in [-0.1, -0.05) is 105 Å². The minimum absolute atomic E-state index is 1.08. The Bertz CT molecular complexity index is 1990. The minimum Gasteiger partial charge on any atom is -0.306 e. The third kappa shape index (κ3) is 2.74. The topological polar surface area (TPSA) is 17.8 Å². The zero-order valence-corrected chi connectivity index (χ0v) is 24.6. The van der Waals surface area contributed by atoms with E-state index in [4.69, 9.17) is 4.98 Å². The van der Waals surface area contributed by atoms with Crippen LogP contribution in [0, 0.1) is 0 Å². The van der Waals surface area contributed by atoms with Gasteiger partial charge in [0.1, 0.15) is 8.07 Å². The number of rotatable bonds is 1. The lowest BCUT2D eigenvalue weighted by Gasteiger charge is -2.22. The average Bonchev–Trinajstić information content (AvgIpc) is 3.31. The molecule has 0 saturated carbocycles. The molecular weight excluding hydrogens is 493 g/mol. The molecule has 4 aromatic carbocycles. The first-order valence-corrected chi connectivity index (χ1v) is 20.1. The molecular formula is C34H30N2Si2. The zero-order valence-electron chi connectivity index (χ0n) is 22.6. The van der Waals surface area contributed by atoms with Crippen molar-refractivity contribution < 1.29 is 0 Å². The van der Waals surface area contributed by atoms with Crippen LogP contribution in [0.3, 0.4) is 0 Å². The van der Waals surface area contributed by atoms with E-state index in [9.17, 15) is 0 Å². The lowest BCUT2D eigenvalue weighted by atomic mass is 9.94. The highest BCUT2D eigenvalue weighted by Gasteiger charge is 2.39. The molecule has 2 nitrogen and oxygen atoms in total. The van der Waals surface area contributed by atoms with Gasteiger partial charge >= 0.3 is 0 Å². The van der Waals surface area contributed by atoms with Crippen molar-refractivity contribution in [2.45, 2.75) is 32.7 Å². The van der Waals surface area contributed by atoms with Crippen LogP contribution < -0.4 is 15.6 Å². The van der Waals surface area contributed by atoms with Gasteiger partial charge in [-0.05, 0) is 45.3 Å². The van der Waals surface area contributed by atoms with Gasteiger partial charge in [-0.15, -0.1) is 0 Å². The summed E-state index contributed by atoms with van der Waals surface area (Å²) in [5, 5.41) is 7.18. The Morgan fingerprint density at radius 3 is 2.18 bits per heavy atom. The van der Waals surface area contributed by atoms with Crippen LogP contribution in [0.25, 0.3) is 61.0 Å². The van der Waals surface area contributed by atoms with Crippen LogP contribution in [-0.2, 0) is 0 Å². The van der Waals surface area contributed by atoms with Crippen LogP contribution in [0.2, 0.25) is 32.7 Å². The van der Waals surface area contributed by atoms with Gasteiger partial charge in [0.15, 0.2) is 0 Å². The third-order valence-corrected chi connectivity index (χ3v) is 14.5. The average molecular weight is 523 g/mol. The van der Waals surface area contributed by atoms with E-state index in [1.165, 1.54) is 60.5 Å². The van der Waals surface area contributed by atoms with Crippen LogP contribution in [0.5, 0.6) is 0 Å². The normalized spacial score (nSPS) is 14.7. The zero-order chi connectivity index (χ0) is 26.0. The maximum Gasteiger partial charge on any atom is 0.113 e. The summed E-state index contributed by atoms with van der Waals surface area (Å²) in [5.41, 5.74) is 11.5. The molecule has 0 aliphatic carbocycles. The molecule has 0 saturated heterocycles. The van der Waals surface area contributed by atoms with E-state index in [-0.39, 0.29) is 0 Å². The first-order chi connectivity index (χ1) is 18.2. The molecule has 38 heavy (non-hydrogen) atoms. The summed E-state index contributed by atoms with van der Waals surface area (Å²) >= 11 is 0. The quantitative estimate of drug-likeness (QED) is 0.209.